The van der Waals surface area contributed by atoms with Crippen LogP contribution >= 0.6 is 0 Å². The second-order valence-corrected chi connectivity index (χ2v) is 7.51. The van der Waals surface area contributed by atoms with Crippen LogP contribution in [0.4, 0.5) is 0 Å². The molecule has 2 aliphatic carbocycles. The molecule has 0 aromatic rings. The van der Waals surface area contributed by atoms with Crippen LogP contribution in [-0.2, 0) is 0 Å². The molecule has 2 fully saturated rings. The first-order valence-corrected chi connectivity index (χ1v) is 8.94. The molecule has 0 aromatic heterocycles. The summed E-state index contributed by atoms with van der Waals surface area (Å²) in [4.78, 5) is 0. The third-order valence-electron chi connectivity index (χ3n) is 5.80. The van der Waals surface area contributed by atoms with Crippen molar-refractivity contribution in [2.75, 3.05) is 6.54 Å². The molecule has 1 N–H and O–H groups in total. The Bertz CT molecular complexity index is 236. The standard InChI is InChI=1S/C18H35N/c1-4-12-19-18(13-15-6-5-7-15)17-10-8-16(9-11-17)14(2)3/h14-19H,4-13H2,1-3H3. The molecule has 19 heavy (non-hydrogen) atoms. The molecular weight excluding hydrogens is 230 g/mol. The molecule has 0 aromatic carbocycles. The first kappa shape index (κ1) is 15.4. The van der Waals surface area contributed by atoms with E-state index < -0.39 is 0 Å². The van der Waals surface area contributed by atoms with E-state index in [2.05, 4.69) is 26.1 Å². The average Bonchev–Trinajstić information content (AvgIpc) is 2.37. The van der Waals surface area contributed by atoms with Crippen LogP contribution in [0.3, 0.4) is 0 Å². The quantitative estimate of drug-likeness (QED) is 0.682. The zero-order valence-corrected chi connectivity index (χ0v) is 13.5. The van der Waals surface area contributed by atoms with Gasteiger partial charge in [0.15, 0.2) is 0 Å². The third kappa shape index (κ3) is 4.48. The van der Waals surface area contributed by atoms with Crippen LogP contribution in [0.15, 0.2) is 0 Å². The molecule has 0 amide bonds. The van der Waals surface area contributed by atoms with Gasteiger partial charge in [-0.25, -0.2) is 0 Å². The Morgan fingerprint density at radius 3 is 2.05 bits per heavy atom. The summed E-state index contributed by atoms with van der Waals surface area (Å²) in [7, 11) is 0. The smallest absolute Gasteiger partial charge is 0.00979 e. The fourth-order valence-corrected chi connectivity index (χ4v) is 4.07. The molecule has 0 radical (unpaired) electrons. The van der Waals surface area contributed by atoms with Crippen molar-refractivity contribution in [2.45, 2.75) is 84.6 Å². The molecule has 1 nitrogen and oxygen atoms in total. The molecular formula is C18H35N. The highest BCUT2D eigenvalue weighted by Crippen LogP contribution is 2.38. The summed E-state index contributed by atoms with van der Waals surface area (Å²) in [5, 5.41) is 3.88. The summed E-state index contributed by atoms with van der Waals surface area (Å²) < 4.78 is 0. The Hall–Kier alpha value is -0.0400. The normalized spacial score (nSPS) is 30.3. The van der Waals surface area contributed by atoms with E-state index in [-0.39, 0.29) is 0 Å². The Labute approximate surface area is 120 Å². The monoisotopic (exact) mass is 265 g/mol. The number of hydrogen-bond acceptors (Lipinski definition) is 1. The van der Waals surface area contributed by atoms with Crippen molar-refractivity contribution in [3.05, 3.63) is 0 Å². The van der Waals surface area contributed by atoms with Crippen LogP contribution in [0.25, 0.3) is 0 Å². The predicted molar refractivity (Wildman–Crippen MR) is 84.3 cm³/mol. The van der Waals surface area contributed by atoms with Crippen molar-refractivity contribution < 1.29 is 0 Å². The van der Waals surface area contributed by atoms with Gasteiger partial charge in [-0.15, -0.1) is 0 Å². The highest BCUT2D eigenvalue weighted by atomic mass is 14.9. The van der Waals surface area contributed by atoms with E-state index in [1.807, 2.05) is 0 Å². The Morgan fingerprint density at radius 2 is 1.58 bits per heavy atom. The molecule has 0 saturated heterocycles. The zero-order valence-electron chi connectivity index (χ0n) is 13.5. The van der Waals surface area contributed by atoms with Gasteiger partial charge in [0.05, 0.1) is 0 Å². The summed E-state index contributed by atoms with van der Waals surface area (Å²) in [6.45, 7) is 8.34. The first-order chi connectivity index (χ1) is 9.20. The summed E-state index contributed by atoms with van der Waals surface area (Å²) in [5.41, 5.74) is 0. The Morgan fingerprint density at radius 1 is 0.947 bits per heavy atom. The molecule has 1 unspecified atom stereocenters. The minimum Gasteiger partial charge on any atom is -0.314 e. The molecule has 0 bridgehead atoms. The number of nitrogens with one attached hydrogen (secondary N) is 1. The number of rotatable bonds is 7. The second kappa shape index (κ2) is 7.67. The first-order valence-electron chi connectivity index (χ1n) is 8.94. The van der Waals surface area contributed by atoms with Crippen LogP contribution in [-0.4, -0.2) is 12.6 Å². The van der Waals surface area contributed by atoms with Crippen molar-refractivity contribution in [1.82, 2.24) is 5.32 Å². The van der Waals surface area contributed by atoms with Gasteiger partial charge >= 0.3 is 0 Å². The van der Waals surface area contributed by atoms with Crippen molar-refractivity contribution >= 4 is 0 Å². The van der Waals surface area contributed by atoms with Gasteiger partial charge in [0.25, 0.3) is 0 Å². The minimum absolute atomic E-state index is 0.832. The van der Waals surface area contributed by atoms with Crippen molar-refractivity contribution in [2.24, 2.45) is 23.7 Å². The van der Waals surface area contributed by atoms with Crippen molar-refractivity contribution in [3.8, 4) is 0 Å². The highest BCUT2D eigenvalue weighted by molar-refractivity contribution is 4.86. The van der Waals surface area contributed by atoms with Crippen LogP contribution in [0, 0.1) is 23.7 Å². The van der Waals surface area contributed by atoms with E-state index in [4.69, 9.17) is 0 Å². The molecule has 2 aliphatic rings. The lowest BCUT2D eigenvalue weighted by Gasteiger charge is -2.39. The molecule has 0 heterocycles. The minimum atomic E-state index is 0.832. The van der Waals surface area contributed by atoms with Crippen molar-refractivity contribution in [1.29, 1.82) is 0 Å². The van der Waals surface area contributed by atoms with Gasteiger partial charge in [0, 0.05) is 6.04 Å². The topological polar surface area (TPSA) is 12.0 Å². The number of hydrogen-bond donors (Lipinski definition) is 1. The largest absolute Gasteiger partial charge is 0.314 e. The van der Waals surface area contributed by atoms with Gasteiger partial charge in [-0.1, -0.05) is 40.0 Å². The lowest BCUT2D eigenvalue weighted by Crippen LogP contribution is -2.41. The molecule has 112 valence electrons. The fraction of sp³-hybridized carbons (Fsp3) is 1.00. The van der Waals surface area contributed by atoms with Crippen LogP contribution in [0.5, 0.6) is 0 Å². The summed E-state index contributed by atoms with van der Waals surface area (Å²) >= 11 is 0. The molecule has 2 rings (SSSR count). The van der Waals surface area contributed by atoms with Crippen molar-refractivity contribution in [3.63, 3.8) is 0 Å². The Balaban J connectivity index is 1.80. The van der Waals surface area contributed by atoms with Gasteiger partial charge in [-0.3, -0.25) is 0 Å². The fourth-order valence-electron chi connectivity index (χ4n) is 4.07. The average molecular weight is 265 g/mol. The van der Waals surface area contributed by atoms with Crippen LogP contribution in [0.2, 0.25) is 0 Å². The van der Waals surface area contributed by atoms with Gasteiger partial charge in [0.2, 0.25) is 0 Å². The molecule has 0 aliphatic heterocycles. The lowest BCUT2D eigenvalue weighted by molar-refractivity contribution is 0.156. The zero-order chi connectivity index (χ0) is 13.7. The van der Waals surface area contributed by atoms with E-state index in [0.717, 1.165) is 29.7 Å². The maximum Gasteiger partial charge on any atom is 0.00979 e. The highest BCUT2D eigenvalue weighted by Gasteiger charge is 2.31. The molecule has 2 saturated carbocycles. The van der Waals surface area contributed by atoms with E-state index in [1.54, 1.807) is 0 Å². The summed E-state index contributed by atoms with van der Waals surface area (Å²) in [6, 6.07) is 0.832. The van der Waals surface area contributed by atoms with Gasteiger partial charge < -0.3 is 5.32 Å². The summed E-state index contributed by atoms with van der Waals surface area (Å²) in [6.07, 6.45) is 13.2. The molecule has 1 atom stereocenters. The predicted octanol–water partition coefficient (Wildman–Crippen LogP) is 5.01. The van der Waals surface area contributed by atoms with Crippen LogP contribution in [0.1, 0.15) is 78.6 Å². The van der Waals surface area contributed by atoms with Crippen LogP contribution < -0.4 is 5.32 Å². The lowest BCUT2D eigenvalue weighted by atomic mass is 9.71. The third-order valence-corrected chi connectivity index (χ3v) is 5.80. The Kier molecular flexibility index (Phi) is 6.19. The maximum atomic E-state index is 3.88. The molecule has 0 spiro atoms. The SMILES string of the molecule is CCCNC(CC1CCC1)C1CCC(C(C)C)CC1. The van der Waals surface area contributed by atoms with Gasteiger partial charge in [-0.05, 0) is 68.7 Å². The van der Waals surface area contributed by atoms with E-state index in [9.17, 15) is 0 Å². The van der Waals surface area contributed by atoms with E-state index in [1.165, 1.54) is 64.3 Å². The maximum absolute atomic E-state index is 3.88. The van der Waals surface area contributed by atoms with Gasteiger partial charge in [-0.2, -0.15) is 0 Å². The second-order valence-electron chi connectivity index (χ2n) is 7.51. The molecule has 1 heteroatoms. The van der Waals surface area contributed by atoms with E-state index >= 15 is 0 Å². The summed E-state index contributed by atoms with van der Waals surface area (Å²) in [5.74, 6) is 3.93. The van der Waals surface area contributed by atoms with Gasteiger partial charge in [0.1, 0.15) is 0 Å². The van der Waals surface area contributed by atoms with E-state index in [0.29, 0.717) is 0 Å².